The Hall–Kier alpha value is -1.26. The summed E-state index contributed by atoms with van der Waals surface area (Å²) in [5, 5.41) is 10.8. The molecular weight excluding hydrogens is 208 g/mol. The first-order valence-electron chi connectivity index (χ1n) is 6.47. The maximum atomic E-state index is 10.8. The van der Waals surface area contributed by atoms with Crippen LogP contribution in [0, 0.1) is 12.3 Å². The zero-order chi connectivity index (χ0) is 12.1. The Morgan fingerprint density at radius 1 is 1.29 bits per heavy atom. The fraction of sp³-hybridized carbons (Fsp3) is 0.500. The quantitative estimate of drug-likeness (QED) is 0.785. The number of hydrogen-bond donors (Lipinski definition) is 1. The molecule has 2 unspecified atom stereocenters. The van der Waals surface area contributed by atoms with Gasteiger partial charge in [-0.05, 0) is 24.8 Å². The molecule has 2 rings (SSSR count). The minimum Gasteiger partial charge on any atom is -0.389 e. The highest BCUT2D eigenvalue weighted by Crippen LogP contribution is 2.43. The molecular formula is C16H20O. The lowest BCUT2D eigenvalue weighted by molar-refractivity contribution is -0.0231. The minimum absolute atomic E-state index is 0.255. The summed E-state index contributed by atoms with van der Waals surface area (Å²) >= 11 is 0. The summed E-state index contributed by atoms with van der Waals surface area (Å²) in [6.45, 7) is 0. The molecule has 0 aromatic heterocycles. The van der Waals surface area contributed by atoms with Gasteiger partial charge in [0.1, 0.15) is 0 Å². The molecule has 1 aromatic rings. The van der Waals surface area contributed by atoms with E-state index in [0.29, 0.717) is 6.42 Å². The first-order valence-corrected chi connectivity index (χ1v) is 6.47. The van der Waals surface area contributed by atoms with Crippen LogP contribution in [0.15, 0.2) is 30.3 Å². The molecule has 0 aliphatic heterocycles. The summed E-state index contributed by atoms with van der Waals surface area (Å²) < 4.78 is 0. The fourth-order valence-corrected chi connectivity index (χ4v) is 2.97. The molecule has 1 aromatic carbocycles. The van der Waals surface area contributed by atoms with Gasteiger partial charge in [0.05, 0.1) is 5.60 Å². The van der Waals surface area contributed by atoms with E-state index in [0.717, 1.165) is 25.7 Å². The zero-order valence-electron chi connectivity index (χ0n) is 10.2. The van der Waals surface area contributed by atoms with Crippen LogP contribution < -0.4 is 0 Å². The normalized spacial score (nSPS) is 28.6. The summed E-state index contributed by atoms with van der Waals surface area (Å²) in [7, 11) is 0. The average Bonchev–Trinajstić information content (AvgIpc) is 2.38. The smallest absolute Gasteiger partial charge is 0.0725 e. The first kappa shape index (κ1) is 12.2. The predicted octanol–water partition coefficient (Wildman–Crippen LogP) is 3.49. The van der Waals surface area contributed by atoms with Gasteiger partial charge in [-0.25, -0.2) is 0 Å². The molecule has 1 aliphatic carbocycles. The summed E-state index contributed by atoms with van der Waals surface area (Å²) in [5.41, 5.74) is 0.665. The van der Waals surface area contributed by atoms with Crippen LogP contribution in [-0.2, 0) is 0 Å². The highest BCUT2D eigenvalue weighted by atomic mass is 16.3. The van der Waals surface area contributed by atoms with E-state index in [1.54, 1.807) is 0 Å². The molecule has 0 saturated heterocycles. The van der Waals surface area contributed by atoms with Crippen LogP contribution in [0.4, 0.5) is 0 Å². The number of terminal acetylenes is 1. The monoisotopic (exact) mass is 228 g/mol. The molecule has 0 bridgehead atoms. The van der Waals surface area contributed by atoms with Crippen molar-refractivity contribution in [2.24, 2.45) is 0 Å². The van der Waals surface area contributed by atoms with E-state index in [1.807, 2.05) is 18.2 Å². The van der Waals surface area contributed by atoms with Gasteiger partial charge in [-0.3, -0.25) is 0 Å². The van der Waals surface area contributed by atoms with Crippen LogP contribution in [-0.4, -0.2) is 10.7 Å². The number of aliphatic hydroxyl groups is 1. The number of hydrogen-bond acceptors (Lipinski definition) is 1. The maximum absolute atomic E-state index is 10.8. The third-order valence-electron chi connectivity index (χ3n) is 3.91. The second kappa shape index (κ2) is 5.38. The molecule has 0 radical (unpaired) electrons. The lowest BCUT2D eigenvalue weighted by atomic mass is 9.70. The summed E-state index contributed by atoms with van der Waals surface area (Å²) in [4.78, 5) is 0. The molecule has 0 spiro atoms. The lowest BCUT2D eigenvalue weighted by Gasteiger charge is -2.40. The summed E-state index contributed by atoms with van der Waals surface area (Å²) in [5.74, 6) is 2.91. The summed E-state index contributed by atoms with van der Waals surface area (Å²) in [6.07, 6.45) is 11.0. The van der Waals surface area contributed by atoms with Gasteiger partial charge in [0.15, 0.2) is 0 Å². The molecule has 1 saturated carbocycles. The van der Waals surface area contributed by atoms with Gasteiger partial charge in [0.2, 0.25) is 0 Å². The van der Waals surface area contributed by atoms with Crippen molar-refractivity contribution < 1.29 is 5.11 Å². The van der Waals surface area contributed by atoms with Crippen LogP contribution >= 0.6 is 0 Å². The fourth-order valence-electron chi connectivity index (χ4n) is 2.97. The van der Waals surface area contributed by atoms with E-state index in [-0.39, 0.29) is 5.92 Å². The predicted molar refractivity (Wildman–Crippen MR) is 70.7 cm³/mol. The molecule has 17 heavy (non-hydrogen) atoms. The Kier molecular flexibility index (Phi) is 3.86. The van der Waals surface area contributed by atoms with Gasteiger partial charge in [-0.2, -0.15) is 0 Å². The molecule has 0 heterocycles. The van der Waals surface area contributed by atoms with E-state index < -0.39 is 5.60 Å². The van der Waals surface area contributed by atoms with Crippen molar-refractivity contribution in [2.75, 3.05) is 0 Å². The second-order valence-corrected chi connectivity index (χ2v) is 5.02. The van der Waals surface area contributed by atoms with E-state index in [2.05, 4.69) is 18.1 Å². The Morgan fingerprint density at radius 3 is 2.76 bits per heavy atom. The Balaban J connectivity index is 2.20. The third-order valence-corrected chi connectivity index (χ3v) is 3.91. The van der Waals surface area contributed by atoms with Crippen LogP contribution in [0.5, 0.6) is 0 Å². The molecule has 0 amide bonds. The van der Waals surface area contributed by atoms with Crippen LogP contribution in [0.25, 0.3) is 0 Å². The van der Waals surface area contributed by atoms with Gasteiger partial charge in [-0.15, -0.1) is 12.3 Å². The van der Waals surface area contributed by atoms with Crippen molar-refractivity contribution in [3.05, 3.63) is 35.9 Å². The number of rotatable bonds is 3. The molecule has 1 nitrogen and oxygen atoms in total. The van der Waals surface area contributed by atoms with Crippen molar-refractivity contribution >= 4 is 0 Å². The Morgan fingerprint density at radius 2 is 2.06 bits per heavy atom. The van der Waals surface area contributed by atoms with Gasteiger partial charge < -0.3 is 5.11 Å². The van der Waals surface area contributed by atoms with Crippen molar-refractivity contribution in [1.29, 1.82) is 0 Å². The molecule has 90 valence electrons. The van der Waals surface area contributed by atoms with Crippen molar-refractivity contribution in [3.8, 4) is 12.3 Å². The van der Waals surface area contributed by atoms with Crippen molar-refractivity contribution in [3.63, 3.8) is 0 Å². The molecule has 1 heteroatoms. The van der Waals surface area contributed by atoms with Crippen LogP contribution in [0.3, 0.4) is 0 Å². The van der Waals surface area contributed by atoms with E-state index in [1.165, 1.54) is 12.0 Å². The van der Waals surface area contributed by atoms with E-state index in [4.69, 9.17) is 6.42 Å². The first-order chi connectivity index (χ1) is 8.26. The van der Waals surface area contributed by atoms with Crippen LogP contribution in [0.1, 0.15) is 50.0 Å². The molecule has 1 aliphatic rings. The highest BCUT2D eigenvalue weighted by molar-refractivity contribution is 5.24. The van der Waals surface area contributed by atoms with Gasteiger partial charge in [0.25, 0.3) is 0 Å². The van der Waals surface area contributed by atoms with E-state index >= 15 is 0 Å². The minimum atomic E-state index is -0.591. The Labute approximate surface area is 104 Å². The van der Waals surface area contributed by atoms with E-state index in [9.17, 15) is 5.11 Å². The zero-order valence-corrected chi connectivity index (χ0v) is 10.2. The van der Waals surface area contributed by atoms with Crippen molar-refractivity contribution in [2.45, 2.75) is 50.0 Å². The molecule has 1 fully saturated rings. The second-order valence-electron chi connectivity index (χ2n) is 5.02. The standard InChI is InChI=1S/C16H20O/c1-2-3-12-16(17)13-8-7-11-15(16)14-9-5-4-6-10-14/h1,4-6,9-10,15,17H,3,7-8,11-13H2. The lowest BCUT2D eigenvalue weighted by Crippen LogP contribution is -2.39. The van der Waals surface area contributed by atoms with Gasteiger partial charge in [0, 0.05) is 12.3 Å². The maximum Gasteiger partial charge on any atom is 0.0725 e. The summed E-state index contributed by atoms with van der Waals surface area (Å²) in [6, 6.07) is 10.4. The van der Waals surface area contributed by atoms with Gasteiger partial charge >= 0.3 is 0 Å². The average molecular weight is 228 g/mol. The number of benzene rings is 1. The molecule has 2 atom stereocenters. The van der Waals surface area contributed by atoms with Crippen LogP contribution in [0.2, 0.25) is 0 Å². The molecule has 1 N–H and O–H groups in total. The third kappa shape index (κ3) is 2.70. The topological polar surface area (TPSA) is 20.2 Å². The Bertz CT molecular complexity index is 390. The van der Waals surface area contributed by atoms with Gasteiger partial charge in [-0.1, -0.05) is 43.2 Å². The SMILES string of the molecule is C#CCCC1(O)CCCCC1c1ccccc1. The van der Waals surface area contributed by atoms with Crippen molar-refractivity contribution in [1.82, 2.24) is 0 Å². The largest absolute Gasteiger partial charge is 0.389 e. The highest BCUT2D eigenvalue weighted by Gasteiger charge is 2.38.